The van der Waals surface area contributed by atoms with Gasteiger partial charge in [-0.1, -0.05) is 61.9 Å². The molecule has 5 rings (SSSR count). The lowest BCUT2D eigenvalue weighted by atomic mass is 9.80. The van der Waals surface area contributed by atoms with Gasteiger partial charge in [0.15, 0.2) is 6.20 Å². The third-order valence-electron chi connectivity index (χ3n) is 6.34. The minimum absolute atomic E-state index is 0.190. The van der Waals surface area contributed by atoms with Gasteiger partial charge in [0.1, 0.15) is 7.05 Å². The first-order chi connectivity index (χ1) is 15.6. The second-order valence-corrected chi connectivity index (χ2v) is 8.70. The van der Waals surface area contributed by atoms with E-state index in [1.807, 2.05) is 24.4 Å². The van der Waals surface area contributed by atoms with E-state index in [1.54, 1.807) is 12.1 Å². The smallest absolute Gasteiger partial charge is 0.212 e. The van der Waals surface area contributed by atoms with Crippen molar-refractivity contribution < 1.29 is 8.68 Å². The Morgan fingerprint density at radius 2 is 1.67 bits per heavy atom. The van der Waals surface area contributed by atoms with Crippen LogP contribution in [0.3, 0.4) is 0 Å². The van der Waals surface area contributed by atoms with Gasteiger partial charge < -0.3 is 0 Å². The molecule has 2 nitrogen and oxygen atoms in total. The molecule has 0 spiro atoms. The first kappa shape index (κ1) is 15.6. The number of rotatable bonds is 2. The van der Waals surface area contributed by atoms with Gasteiger partial charge in [0.25, 0.3) is 0 Å². The summed E-state index contributed by atoms with van der Waals surface area (Å²) in [5.74, 6) is 0. The summed E-state index contributed by atoms with van der Waals surface area (Å²) < 4.78 is 24.9. The normalized spacial score (nSPS) is 15.7. The molecule has 0 saturated heterocycles. The fourth-order valence-electron chi connectivity index (χ4n) is 4.85. The molecule has 30 heavy (non-hydrogen) atoms. The van der Waals surface area contributed by atoms with E-state index in [0.717, 1.165) is 22.5 Å². The largest absolute Gasteiger partial charge is 0.260 e. The first-order valence-corrected chi connectivity index (χ1v) is 10.3. The summed E-state index contributed by atoms with van der Waals surface area (Å²) in [7, 11) is 2.07. The van der Waals surface area contributed by atoms with E-state index in [0.29, 0.717) is 5.56 Å². The Morgan fingerprint density at radius 1 is 0.900 bits per heavy atom. The molecule has 0 saturated carbocycles. The van der Waals surface area contributed by atoms with Gasteiger partial charge in [-0.25, -0.2) is 4.57 Å². The molecular formula is C28H27N2+. The summed E-state index contributed by atoms with van der Waals surface area (Å²) in [6, 6.07) is 20.0. The van der Waals surface area contributed by atoms with Crippen LogP contribution in [0.25, 0.3) is 33.5 Å². The maximum atomic E-state index is 7.59. The monoisotopic (exact) mass is 394 g/mol. The molecule has 1 aliphatic carbocycles. The minimum atomic E-state index is -2.09. The molecule has 2 heteroatoms. The summed E-state index contributed by atoms with van der Waals surface area (Å²) in [4.78, 5) is 4.74. The van der Waals surface area contributed by atoms with E-state index in [4.69, 9.17) is 9.10 Å². The lowest BCUT2D eigenvalue weighted by molar-refractivity contribution is -0.659. The molecule has 2 heterocycles. The van der Waals surface area contributed by atoms with Gasteiger partial charge in [0.05, 0.1) is 11.3 Å². The van der Waals surface area contributed by atoms with Crippen molar-refractivity contribution in [1.29, 1.82) is 0 Å². The Labute approximate surface area is 183 Å². The number of benzene rings is 2. The molecule has 0 aliphatic heterocycles. The summed E-state index contributed by atoms with van der Waals surface area (Å²) in [6.45, 7) is 4.60. The van der Waals surface area contributed by atoms with Crippen LogP contribution in [0.2, 0.25) is 0 Å². The molecular weight excluding hydrogens is 364 g/mol. The van der Waals surface area contributed by atoms with Crippen molar-refractivity contribution >= 4 is 0 Å². The quantitative estimate of drug-likeness (QED) is 0.372. The fraction of sp³-hybridized carbons (Fsp3) is 0.214. The van der Waals surface area contributed by atoms with Gasteiger partial charge in [-0.05, 0) is 48.2 Å². The zero-order chi connectivity index (χ0) is 23.5. The Morgan fingerprint density at radius 3 is 2.40 bits per heavy atom. The van der Waals surface area contributed by atoms with E-state index in [2.05, 4.69) is 68.9 Å². The molecule has 4 aromatic rings. The van der Waals surface area contributed by atoms with Crippen molar-refractivity contribution in [2.24, 2.45) is 7.05 Å². The number of nitrogens with zero attached hydrogens (tertiary/aromatic N) is 2. The highest BCUT2D eigenvalue weighted by atomic mass is 14.9. The van der Waals surface area contributed by atoms with Crippen molar-refractivity contribution in [2.45, 2.75) is 33.0 Å². The SMILES string of the molecule is [2H]C([2H])([2H])c1ccc(-c2ccc(-c3c(C)ccc4c3C(C)(C)c3ncccc3-4)[n+](C)c2)cc1. The topological polar surface area (TPSA) is 16.8 Å². The number of hydrogen-bond donors (Lipinski definition) is 0. The Balaban J connectivity index is 1.63. The summed E-state index contributed by atoms with van der Waals surface area (Å²) in [5.41, 5.74) is 10.8. The van der Waals surface area contributed by atoms with Crippen LogP contribution in [0, 0.1) is 13.8 Å². The van der Waals surface area contributed by atoms with E-state index in [1.165, 1.54) is 27.8 Å². The molecule has 0 radical (unpaired) electrons. The standard InChI is InChI=1S/C28H27N2/c1-18-8-11-20(12-9-18)21-13-15-24(30(5)17-21)25-19(2)10-14-22-23-7-6-16-29-27(23)28(3,4)26(22)25/h6-17H,1-5H3/q+1/i1D3. The highest BCUT2D eigenvalue weighted by Gasteiger charge is 2.40. The average molecular weight is 395 g/mol. The highest BCUT2D eigenvalue weighted by Crippen LogP contribution is 2.51. The zero-order valence-corrected chi connectivity index (χ0v) is 17.8. The summed E-state index contributed by atoms with van der Waals surface area (Å²) in [5, 5.41) is 0. The predicted molar refractivity (Wildman–Crippen MR) is 123 cm³/mol. The van der Waals surface area contributed by atoms with Crippen molar-refractivity contribution in [3.8, 4) is 33.5 Å². The van der Waals surface area contributed by atoms with E-state index in [9.17, 15) is 0 Å². The average Bonchev–Trinajstić information content (AvgIpc) is 3.01. The number of hydrogen-bond acceptors (Lipinski definition) is 1. The second kappa shape index (κ2) is 6.63. The van der Waals surface area contributed by atoms with E-state index in [-0.39, 0.29) is 5.41 Å². The van der Waals surface area contributed by atoms with Crippen LogP contribution in [0.1, 0.15) is 40.3 Å². The molecule has 0 unspecified atom stereocenters. The van der Waals surface area contributed by atoms with Crippen LogP contribution in [-0.4, -0.2) is 4.98 Å². The maximum Gasteiger partial charge on any atom is 0.212 e. The Bertz CT molecular complexity index is 1380. The second-order valence-electron chi connectivity index (χ2n) is 8.70. The van der Waals surface area contributed by atoms with Crippen LogP contribution >= 0.6 is 0 Å². The Hall–Kier alpha value is -3.26. The van der Waals surface area contributed by atoms with Crippen molar-refractivity contribution in [1.82, 2.24) is 4.98 Å². The molecule has 0 atom stereocenters. The maximum absolute atomic E-state index is 7.59. The summed E-state index contributed by atoms with van der Waals surface area (Å²) in [6.07, 6.45) is 4.00. The molecule has 2 aromatic heterocycles. The van der Waals surface area contributed by atoms with Gasteiger partial charge in [-0.2, -0.15) is 0 Å². The fourth-order valence-corrected chi connectivity index (χ4v) is 4.85. The lowest BCUT2D eigenvalue weighted by Crippen LogP contribution is -2.32. The zero-order valence-electron chi connectivity index (χ0n) is 20.8. The van der Waals surface area contributed by atoms with Gasteiger partial charge in [-0.15, -0.1) is 0 Å². The van der Waals surface area contributed by atoms with Crippen LogP contribution in [0.15, 0.2) is 73.1 Å². The van der Waals surface area contributed by atoms with Gasteiger partial charge in [0.2, 0.25) is 5.69 Å². The first-order valence-electron chi connectivity index (χ1n) is 11.8. The Kier molecular flexibility index (Phi) is 3.44. The number of fused-ring (bicyclic) bond motifs is 3. The van der Waals surface area contributed by atoms with Crippen LogP contribution in [0.4, 0.5) is 0 Å². The number of pyridine rings is 2. The van der Waals surface area contributed by atoms with Crippen molar-refractivity contribution in [3.63, 3.8) is 0 Å². The van der Waals surface area contributed by atoms with Crippen molar-refractivity contribution in [3.05, 3.63) is 95.4 Å². The lowest BCUT2D eigenvalue weighted by Gasteiger charge is -2.23. The van der Waals surface area contributed by atoms with E-state index >= 15 is 0 Å². The predicted octanol–water partition coefficient (Wildman–Crippen LogP) is 6.16. The van der Waals surface area contributed by atoms with Crippen LogP contribution in [-0.2, 0) is 12.5 Å². The highest BCUT2D eigenvalue weighted by molar-refractivity contribution is 5.87. The molecule has 2 aromatic carbocycles. The molecule has 1 aliphatic rings. The molecule has 0 bridgehead atoms. The molecule has 0 N–H and O–H groups in total. The van der Waals surface area contributed by atoms with Gasteiger partial charge >= 0.3 is 0 Å². The van der Waals surface area contributed by atoms with Crippen LogP contribution in [0.5, 0.6) is 0 Å². The van der Waals surface area contributed by atoms with Gasteiger partial charge in [0, 0.05) is 32.9 Å². The minimum Gasteiger partial charge on any atom is -0.260 e. The molecule has 0 amide bonds. The molecule has 148 valence electrons. The van der Waals surface area contributed by atoms with Gasteiger partial charge in [-0.3, -0.25) is 4.98 Å². The number of aryl methyl sites for hydroxylation is 3. The third-order valence-corrected chi connectivity index (χ3v) is 6.34. The van der Waals surface area contributed by atoms with Crippen LogP contribution < -0.4 is 4.57 Å². The molecule has 0 fully saturated rings. The number of aromatic nitrogens is 2. The summed E-state index contributed by atoms with van der Waals surface area (Å²) >= 11 is 0. The third kappa shape index (κ3) is 2.71. The van der Waals surface area contributed by atoms with E-state index < -0.39 is 6.85 Å². The van der Waals surface area contributed by atoms with Crippen molar-refractivity contribution in [2.75, 3.05) is 0 Å².